The van der Waals surface area contributed by atoms with Crippen LogP contribution < -0.4 is 5.32 Å². The van der Waals surface area contributed by atoms with E-state index in [1.807, 2.05) is 24.3 Å². The molecule has 0 radical (unpaired) electrons. The largest absolute Gasteiger partial charge is 0.481 e. The first-order chi connectivity index (χ1) is 17.0. The third kappa shape index (κ3) is 4.38. The average molecular weight is 479 g/mol. The molecule has 2 heterocycles. The molecule has 4 atom stereocenters. The molecular formula is C27H30N2O6. The van der Waals surface area contributed by atoms with E-state index in [4.69, 9.17) is 9.47 Å². The van der Waals surface area contributed by atoms with Crippen molar-refractivity contribution >= 4 is 18.0 Å². The van der Waals surface area contributed by atoms with Gasteiger partial charge in [-0.05, 0) is 48.4 Å². The maximum absolute atomic E-state index is 13.2. The van der Waals surface area contributed by atoms with Crippen LogP contribution in [0.5, 0.6) is 0 Å². The van der Waals surface area contributed by atoms with Crippen molar-refractivity contribution < 1.29 is 29.0 Å². The first-order valence-corrected chi connectivity index (χ1v) is 12.2. The standard InChI is InChI=1S/C27H30N2O6/c1-16-17(26(31)32)11-6-13-29(16)25(30)24-23(12-14-34-24)28-27(33)35-15-22-20-9-4-2-7-18(20)19-8-3-5-10-21(19)22/h2-5,7-10,16-17,22-24H,6,11-15H2,1H3,(H,28,33)(H,31,32)/t16-,17-,23?,24?/m1/s1. The summed E-state index contributed by atoms with van der Waals surface area (Å²) < 4.78 is 11.3. The van der Waals surface area contributed by atoms with Crippen LogP contribution in [0.2, 0.25) is 0 Å². The fourth-order valence-electron chi connectivity index (χ4n) is 5.72. The summed E-state index contributed by atoms with van der Waals surface area (Å²) in [5.41, 5.74) is 4.57. The molecule has 2 aliphatic heterocycles. The van der Waals surface area contributed by atoms with E-state index in [2.05, 4.69) is 29.6 Å². The topological polar surface area (TPSA) is 105 Å². The molecule has 3 aliphatic rings. The Hall–Kier alpha value is -3.39. The maximum atomic E-state index is 13.2. The molecule has 2 amide bonds. The summed E-state index contributed by atoms with van der Waals surface area (Å²) in [7, 11) is 0. The van der Waals surface area contributed by atoms with Crippen LogP contribution in [0.15, 0.2) is 48.5 Å². The highest BCUT2D eigenvalue weighted by molar-refractivity contribution is 5.84. The highest BCUT2D eigenvalue weighted by Gasteiger charge is 2.43. The fourth-order valence-corrected chi connectivity index (χ4v) is 5.72. The van der Waals surface area contributed by atoms with E-state index in [0.29, 0.717) is 32.4 Å². The summed E-state index contributed by atoms with van der Waals surface area (Å²) in [6, 6.07) is 15.3. The summed E-state index contributed by atoms with van der Waals surface area (Å²) in [6.07, 6.45) is 0.239. The van der Waals surface area contributed by atoms with Crippen LogP contribution in [-0.4, -0.2) is 65.9 Å². The number of alkyl carbamates (subject to hydrolysis) is 1. The van der Waals surface area contributed by atoms with Gasteiger partial charge in [0, 0.05) is 25.1 Å². The SMILES string of the molecule is C[C@@H]1[C@H](C(=O)O)CCCN1C(=O)C1OCCC1NC(=O)OCC1c2ccccc2-c2ccccc21. The van der Waals surface area contributed by atoms with Gasteiger partial charge in [0.1, 0.15) is 6.61 Å². The Balaban J connectivity index is 1.22. The van der Waals surface area contributed by atoms with Crippen LogP contribution in [0.1, 0.15) is 43.2 Å². The number of piperidine rings is 1. The lowest BCUT2D eigenvalue weighted by Crippen LogP contribution is -2.56. The van der Waals surface area contributed by atoms with E-state index in [0.717, 1.165) is 22.3 Å². The van der Waals surface area contributed by atoms with Crippen LogP contribution in [0.25, 0.3) is 11.1 Å². The number of nitrogens with zero attached hydrogens (tertiary/aromatic N) is 1. The summed E-state index contributed by atoms with van der Waals surface area (Å²) in [5, 5.41) is 12.3. The van der Waals surface area contributed by atoms with E-state index in [1.54, 1.807) is 11.8 Å². The number of benzene rings is 2. The quantitative estimate of drug-likeness (QED) is 0.683. The van der Waals surface area contributed by atoms with Crippen molar-refractivity contribution in [3.8, 4) is 11.1 Å². The zero-order valence-corrected chi connectivity index (χ0v) is 19.7. The molecule has 0 bridgehead atoms. The molecule has 2 fully saturated rings. The van der Waals surface area contributed by atoms with Crippen molar-refractivity contribution in [2.45, 2.75) is 50.3 Å². The Kier molecular flexibility index (Phi) is 6.47. The van der Waals surface area contributed by atoms with Gasteiger partial charge in [0.2, 0.25) is 0 Å². The summed E-state index contributed by atoms with van der Waals surface area (Å²) in [6.45, 7) is 2.78. The number of rotatable bonds is 5. The first kappa shape index (κ1) is 23.4. The molecule has 0 saturated carbocycles. The molecule has 2 N–H and O–H groups in total. The fraction of sp³-hybridized carbons (Fsp3) is 0.444. The number of fused-ring (bicyclic) bond motifs is 3. The number of nitrogens with one attached hydrogen (secondary N) is 1. The highest BCUT2D eigenvalue weighted by atomic mass is 16.6. The second kappa shape index (κ2) is 9.70. The van der Waals surface area contributed by atoms with Gasteiger partial charge in [0.15, 0.2) is 6.10 Å². The molecule has 184 valence electrons. The van der Waals surface area contributed by atoms with Gasteiger partial charge >= 0.3 is 12.1 Å². The van der Waals surface area contributed by atoms with E-state index in [9.17, 15) is 19.5 Å². The third-order valence-corrected chi connectivity index (χ3v) is 7.57. The van der Waals surface area contributed by atoms with E-state index >= 15 is 0 Å². The Morgan fingerprint density at radius 1 is 1.06 bits per heavy atom. The van der Waals surface area contributed by atoms with Crippen LogP contribution in [-0.2, 0) is 19.1 Å². The van der Waals surface area contributed by atoms with Crippen molar-refractivity contribution in [3.05, 3.63) is 59.7 Å². The normalized spacial score (nSPS) is 25.6. The van der Waals surface area contributed by atoms with Gasteiger partial charge in [-0.1, -0.05) is 48.5 Å². The van der Waals surface area contributed by atoms with Gasteiger partial charge in [-0.25, -0.2) is 4.79 Å². The monoisotopic (exact) mass is 478 g/mol. The molecular weight excluding hydrogens is 448 g/mol. The molecule has 2 unspecified atom stereocenters. The number of ether oxygens (including phenoxy) is 2. The van der Waals surface area contributed by atoms with Gasteiger partial charge in [-0.2, -0.15) is 0 Å². The molecule has 35 heavy (non-hydrogen) atoms. The zero-order valence-electron chi connectivity index (χ0n) is 19.7. The molecule has 2 aromatic rings. The van der Waals surface area contributed by atoms with Crippen molar-refractivity contribution in [3.63, 3.8) is 0 Å². The second-order valence-corrected chi connectivity index (χ2v) is 9.52. The molecule has 2 aromatic carbocycles. The van der Waals surface area contributed by atoms with E-state index in [1.165, 1.54) is 0 Å². The molecule has 1 aliphatic carbocycles. The van der Waals surface area contributed by atoms with Crippen LogP contribution in [0.3, 0.4) is 0 Å². The lowest BCUT2D eigenvalue weighted by Gasteiger charge is -2.39. The number of hydrogen-bond donors (Lipinski definition) is 2. The van der Waals surface area contributed by atoms with Crippen molar-refractivity contribution in [1.82, 2.24) is 10.2 Å². The Bertz CT molecular complexity index is 1090. The number of hydrogen-bond acceptors (Lipinski definition) is 5. The van der Waals surface area contributed by atoms with Crippen molar-refractivity contribution in [2.75, 3.05) is 19.8 Å². The summed E-state index contributed by atoms with van der Waals surface area (Å²) >= 11 is 0. The average Bonchev–Trinajstić information content (AvgIpc) is 3.44. The van der Waals surface area contributed by atoms with Crippen LogP contribution in [0.4, 0.5) is 4.79 Å². The van der Waals surface area contributed by atoms with Gasteiger partial charge in [0.25, 0.3) is 5.91 Å². The minimum Gasteiger partial charge on any atom is -0.481 e. The lowest BCUT2D eigenvalue weighted by atomic mass is 9.89. The smallest absolute Gasteiger partial charge is 0.407 e. The molecule has 8 nitrogen and oxygen atoms in total. The van der Waals surface area contributed by atoms with E-state index < -0.39 is 36.2 Å². The second-order valence-electron chi connectivity index (χ2n) is 9.52. The Labute approximate surface area is 204 Å². The number of carboxylic acid groups (broad SMARTS) is 1. The van der Waals surface area contributed by atoms with Crippen LogP contribution in [0, 0.1) is 5.92 Å². The summed E-state index contributed by atoms with van der Waals surface area (Å²) in [5.74, 6) is -1.81. The van der Waals surface area contributed by atoms with Gasteiger partial charge < -0.3 is 24.8 Å². The predicted octanol–water partition coefficient (Wildman–Crippen LogP) is 3.39. The minimum atomic E-state index is -0.893. The van der Waals surface area contributed by atoms with Gasteiger partial charge in [-0.3, -0.25) is 9.59 Å². The number of carboxylic acids is 1. The first-order valence-electron chi connectivity index (χ1n) is 12.2. The lowest BCUT2D eigenvalue weighted by molar-refractivity contribution is -0.153. The Morgan fingerprint density at radius 2 is 1.71 bits per heavy atom. The number of amides is 2. The zero-order chi connectivity index (χ0) is 24.5. The molecule has 0 aromatic heterocycles. The molecule has 2 saturated heterocycles. The maximum Gasteiger partial charge on any atom is 0.407 e. The van der Waals surface area contributed by atoms with Crippen molar-refractivity contribution in [1.29, 1.82) is 0 Å². The molecule has 8 heteroatoms. The predicted molar refractivity (Wildman–Crippen MR) is 128 cm³/mol. The third-order valence-electron chi connectivity index (χ3n) is 7.57. The van der Waals surface area contributed by atoms with Gasteiger partial charge in [-0.15, -0.1) is 0 Å². The minimum absolute atomic E-state index is 0.0486. The van der Waals surface area contributed by atoms with E-state index in [-0.39, 0.29) is 18.4 Å². The summed E-state index contributed by atoms with van der Waals surface area (Å²) in [4.78, 5) is 39.1. The van der Waals surface area contributed by atoms with Crippen LogP contribution >= 0.6 is 0 Å². The number of likely N-dealkylation sites (tertiary alicyclic amines) is 1. The van der Waals surface area contributed by atoms with Gasteiger partial charge in [0.05, 0.1) is 12.0 Å². The number of carbonyl (C=O) groups is 3. The Morgan fingerprint density at radius 3 is 2.37 bits per heavy atom. The molecule has 5 rings (SSSR count). The number of carbonyl (C=O) groups excluding carboxylic acids is 2. The number of aliphatic carboxylic acids is 1. The van der Waals surface area contributed by atoms with Crippen molar-refractivity contribution in [2.24, 2.45) is 5.92 Å². The molecule has 0 spiro atoms. The highest BCUT2D eigenvalue weighted by Crippen LogP contribution is 2.44.